The van der Waals surface area contributed by atoms with E-state index < -0.39 is 17.5 Å². The Morgan fingerprint density at radius 3 is 2.57 bits per heavy atom. The number of nitrogens with zero attached hydrogens (tertiary/aromatic N) is 1. The third kappa shape index (κ3) is 3.49. The highest BCUT2D eigenvalue weighted by atomic mass is 79.9. The van der Waals surface area contributed by atoms with Crippen molar-refractivity contribution in [3.8, 4) is 0 Å². The standard InChI is InChI=1S/C15H18BrFN2O2/c1-15(2,3)18-5-4-6-19-12-10(13(20)14(19)21)7-9(17)8-11(12)16/h7-8,18H,4-6H2,1-3H3. The van der Waals surface area contributed by atoms with E-state index in [0.717, 1.165) is 12.6 Å². The highest BCUT2D eigenvalue weighted by Gasteiger charge is 2.37. The summed E-state index contributed by atoms with van der Waals surface area (Å²) >= 11 is 3.23. The van der Waals surface area contributed by atoms with E-state index in [1.165, 1.54) is 11.0 Å². The van der Waals surface area contributed by atoms with Crippen LogP contribution in [0.4, 0.5) is 10.1 Å². The Morgan fingerprint density at radius 2 is 1.95 bits per heavy atom. The lowest BCUT2D eigenvalue weighted by atomic mass is 10.1. The molecular formula is C15H18BrFN2O2. The second kappa shape index (κ2) is 5.85. The number of carbonyl (C=O) groups is 2. The Kier molecular flexibility index (Phi) is 4.49. The summed E-state index contributed by atoms with van der Waals surface area (Å²) in [7, 11) is 0. The zero-order valence-corrected chi connectivity index (χ0v) is 13.9. The van der Waals surface area contributed by atoms with Gasteiger partial charge in [-0.25, -0.2) is 4.39 Å². The van der Waals surface area contributed by atoms with Gasteiger partial charge in [0, 0.05) is 16.6 Å². The largest absolute Gasteiger partial charge is 0.312 e. The first-order valence-electron chi connectivity index (χ1n) is 6.81. The molecule has 1 heterocycles. The maximum Gasteiger partial charge on any atom is 0.299 e. The number of benzene rings is 1. The summed E-state index contributed by atoms with van der Waals surface area (Å²) in [4.78, 5) is 25.4. The van der Waals surface area contributed by atoms with Crippen molar-refractivity contribution in [1.29, 1.82) is 0 Å². The molecule has 0 unspecified atom stereocenters. The minimum absolute atomic E-state index is 0.00641. The van der Waals surface area contributed by atoms with Crippen molar-refractivity contribution in [1.82, 2.24) is 5.32 Å². The first-order chi connectivity index (χ1) is 9.70. The van der Waals surface area contributed by atoms with Crippen LogP contribution in [0.5, 0.6) is 0 Å². The van der Waals surface area contributed by atoms with Gasteiger partial charge in [0.05, 0.1) is 11.3 Å². The van der Waals surface area contributed by atoms with E-state index in [1.54, 1.807) is 0 Å². The van der Waals surface area contributed by atoms with E-state index in [0.29, 0.717) is 23.1 Å². The minimum Gasteiger partial charge on any atom is -0.312 e. The normalized spacial score (nSPS) is 14.8. The fourth-order valence-corrected chi connectivity index (χ4v) is 2.91. The molecule has 114 valence electrons. The third-order valence-electron chi connectivity index (χ3n) is 3.20. The smallest absolute Gasteiger partial charge is 0.299 e. The molecule has 0 aromatic heterocycles. The molecule has 21 heavy (non-hydrogen) atoms. The lowest BCUT2D eigenvalue weighted by Crippen LogP contribution is -2.38. The number of rotatable bonds is 4. The van der Waals surface area contributed by atoms with Crippen LogP contribution in [0.1, 0.15) is 37.6 Å². The predicted octanol–water partition coefficient (Wildman–Crippen LogP) is 2.90. The van der Waals surface area contributed by atoms with E-state index in [9.17, 15) is 14.0 Å². The fourth-order valence-electron chi connectivity index (χ4n) is 2.27. The molecule has 4 nitrogen and oxygen atoms in total. The number of carbonyl (C=O) groups excluding carboxylic acids is 2. The number of halogens is 2. The van der Waals surface area contributed by atoms with E-state index in [1.807, 2.05) is 0 Å². The predicted molar refractivity (Wildman–Crippen MR) is 83.2 cm³/mol. The Hall–Kier alpha value is -1.27. The van der Waals surface area contributed by atoms with Gasteiger partial charge in [-0.2, -0.15) is 0 Å². The maximum atomic E-state index is 13.4. The first kappa shape index (κ1) is 16.1. The Bertz CT molecular complexity index is 596. The molecule has 0 spiro atoms. The summed E-state index contributed by atoms with van der Waals surface area (Å²) in [6.45, 7) is 7.34. The minimum atomic E-state index is -0.644. The monoisotopic (exact) mass is 356 g/mol. The van der Waals surface area contributed by atoms with Crippen molar-refractivity contribution < 1.29 is 14.0 Å². The highest BCUT2D eigenvalue weighted by molar-refractivity contribution is 9.10. The lowest BCUT2D eigenvalue weighted by Gasteiger charge is -2.22. The number of ketones is 1. The van der Waals surface area contributed by atoms with Gasteiger partial charge in [-0.1, -0.05) is 0 Å². The van der Waals surface area contributed by atoms with Gasteiger partial charge < -0.3 is 10.2 Å². The summed E-state index contributed by atoms with van der Waals surface area (Å²) in [6.07, 6.45) is 0.708. The van der Waals surface area contributed by atoms with Crippen LogP contribution in [0.3, 0.4) is 0 Å². The first-order valence-corrected chi connectivity index (χ1v) is 7.60. The van der Waals surface area contributed by atoms with Crippen LogP contribution in [-0.2, 0) is 4.79 Å². The molecule has 1 aliphatic rings. The van der Waals surface area contributed by atoms with Gasteiger partial charge in [-0.05, 0) is 61.8 Å². The fraction of sp³-hybridized carbons (Fsp3) is 0.467. The quantitative estimate of drug-likeness (QED) is 0.666. The molecule has 1 N–H and O–H groups in total. The Balaban J connectivity index is 2.12. The molecule has 0 saturated heterocycles. The van der Waals surface area contributed by atoms with E-state index >= 15 is 0 Å². The van der Waals surface area contributed by atoms with Crippen molar-refractivity contribution in [3.05, 3.63) is 28.0 Å². The Labute approximate surface area is 131 Å². The zero-order valence-electron chi connectivity index (χ0n) is 12.3. The van der Waals surface area contributed by atoms with Gasteiger partial charge in [-0.3, -0.25) is 9.59 Å². The van der Waals surface area contributed by atoms with Crippen molar-refractivity contribution in [2.24, 2.45) is 0 Å². The van der Waals surface area contributed by atoms with E-state index in [-0.39, 0.29) is 11.1 Å². The molecule has 0 atom stereocenters. The van der Waals surface area contributed by atoms with E-state index in [2.05, 4.69) is 42.0 Å². The number of hydrogen-bond acceptors (Lipinski definition) is 3. The van der Waals surface area contributed by atoms with Crippen LogP contribution in [0.2, 0.25) is 0 Å². The summed E-state index contributed by atoms with van der Waals surface area (Å²) in [5.74, 6) is -1.76. The van der Waals surface area contributed by atoms with Crippen LogP contribution in [0.25, 0.3) is 0 Å². The second-order valence-electron chi connectivity index (χ2n) is 6.10. The van der Waals surface area contributed by atoms with Crippen LogP contribution in [-0.4, -0.2) is 30.3 Å². The number of anilines is 1. The van der Waals surface area contributed by atoms with Gasteiger partial charge in [0.1, 0.15) is 5.82 Å². The SMILES string of the molecule is CC(C)(C)NCCCN1C(=O)C(=O)c2cc(F)cc(Br)c21. The molecule has 0 aliphatic carbocycles. The Morgan fingerprint density at radius 1 is 1.29 bits per heavy atom. The summed E-state index contributed by atoms with van der Waals surface area (Å²) < 4.78 is 13.8. The van der Waals surface area contributed by atoms with E-state index in [4.69, 9.17) is 0 Å². The van der Waals surface area contributed by atoms with Gasteiger partial charge in [0.25, 0.3) is 11.7 Å². The topological polar surface area (TPSA) is 49.4 Å². The van der Waals surface area contributed by atoms with Crippen LogP contribution < -0.4 is 10.2 Å². The second-order valence-corrected chi connectivity index (χ2v) is 6.95. The zero-order chi connectivity index (χ0) is 15.8. The van der Waals surface area contributed by atoms with Crippen molar-refractivity contribution in [3.63, 3.8) is 0 Å². The molecule has 0 fully saturated rings. The van der Waals surface area contributed by atoms with Gasteiger partial charge in [0.15, 0.2) is 0 Å². The maximum absolute atomic E-state index is 13.4. The summed E-state index contributed by atoms with van der Waals surface area (Å²) in [6, 6.07) is 2.39. The molecule has 6 heteroatoms. The number of hydrogen-bond donors (Lipinski definition) is 1. The van der Waals surface area contributed by atoms with Crippen molar-refractivity contribution in [2.45, 2.75) is 32.7 Å². The van der Waals surface area contributed by atoms with Gasteiger partial charge >= 0.3 is 0 Å². The van der Waals surface area contributed by atoms with Crippen LogP contribution in [0, 0.1) is 5.82 Å². The molecule has 0 radical (unpaired) electrons. The van der Waals surface area contributed by atoms with Gasteiger partial charge in [-0.15, -0.1) is 0 Å². The number of Topliss-reactive ketones (excluding diaryl/α,β-unsaturated/α-hetero) is 1. The molecular weight excluding hydrogens is 339 g/mol. The van der Waals surface area contributed by atoms with Gasteiger partial charge in [0.2, 0.25) is 0 Å². The molecule has 1 aromatic carbocycles. The third-order valence-corrected chi connectivity index (χ3v) is 3.80. The highest BCUT2D eigenvalue weighted by Crippen LogP contribution is 2.36. The molecule has 2 rings (SSSR count). The average molecular weight is 357 g/mol. The number of amides is 1. The molecule has 0 saturated carbocycles. The molecule has 0 bridgehead atoms. The van der Waals surface area contributed by atoms with Crippen molar-refractivity contribution in [2.75, 3.05) is 18.0 Å². The molecule has 1 amide bonds. The van der Waals surface area contributed by atoms with Crippen LogP contribution in [0.15, 0.2) is 16.6 Å². The molecule has 1 aliphatic heterocycles. The van der Waals surface area contributed by atoms with Crippen molar-refractivity contribution >= 4 is 33.3 Å². The summed E-state index contributed by atoms with van der Waals surface area (Å²) in [5, 5.41) is 3.32. The summed E-state index contributed by atoms with van der Waals surface area (Å²) in [5.41, 5.74) is 0.615. The number of nitrogens with one attached hydrogen (secondary N) is 1. The number of fused-ring (bicyclic) bond motifs is 1. The average Bonchev–Trinajstić information content (AvgIpc) is 2.58. The molecule has 1 aromatic rings. The lowest BCUT2D eigenvalue weighted by molar-refractivity contribution is -0.114. The van der Waals surface area contributed by atoms with Crippen LogP contribution >= 0.6 is 15.9 Å².